The Morgan fingerprint density at radius 1 is 1.33 bits per heavy atom. The number of anilines is 1. The first-order valence-electron chi connectivity index (χ1n) is 8.20. The van der Waals surface area contributed by atoms with E-state index in [1.807, 2.05) is 11.8 Å². The Balaban J connectivity index is 1.90. The van der Waals surface area contributed by atoms with Crippen LogP contribution in [0.4, 0.5) is 5.69 Å². The molecule has 4 heteroatoms. The molecule has 1 aromatic carbocycles. The molecule has 2 fully saturated rings. The fourth-order valence-corrected chi connectivity index (χ4v) is 4.69. The predicted octanol–water partition coefficient (Wildman–Crippen LogP) is 2.93. The quantitative estimate of drug-likeness (QED) is 0.867. The second-order valence-corrected chi connectivity index (χ2v) is 7.49. The molecule has 0 bridgehead atoms. The molecule has 3 nitrogen and oxygen atoms in total. The smallest absolute Gasteiger partial charge is 0.0426 e. The highest BCUT2D eigenvalue weighted by Gasteiger charge is 2.35. The number of thioether (sulfide) groups is 1. The average molecular weight is 305 g/mol. The van der Waals surface area contributed by atoms with Gasteiger partial charge in [0.1, 0.15) is 0 Å². The molecule has 0 aliphatic carbocycles. The maximum atomic E-state index is 6.09. The van der Waals surface area contributed by atoms with Gasteiger partial charge in [-0.05, 0) is 44.2 Å². The van der Waals surface area contributed by atoms with Crippen LogP contribution in [0.25, 0.3) is 0 Å². The Morgan fingerprint density at radius 3 is 2.95 bits per heavy atom. The highest BCUT2D eigenvalue weighted by atomic mass is 32.2. The molecule has 1 aromatic rings. The maximum absolute atomic E-state index is 6.09. The molecule has 2 aliphatic heterocycles. The number of nitrogens with two attached hydrogens (primary N) is 1. The SMILES string of the molecule is CCSc1cccc(N2CC3CCCN3CC2C)c1CN. The molecule has 2 N–H and O–H groups in total. The van der Waals surface area contributed by atoms with Crippen molar-refractivity contribution < 1.29 is 0 Å². The number of benzene rings is 1. The van der Waals surface area contributed by atoms with Crippen LogP contribution >= 0.6 is 11.8 Å². The maximum Gasteiger partial charge on any atom is 0.0426 e. The van der Waals surface area contributed by atoms with E-state index in [2.05, 4.69) is 41.8 Å². The zero-order valence-electron chi connectivity index (χ0n) is 13.2. The van der Waals surface area contributed by atoms with Gasteiger partial charge in [-0.15, -0.1) is 11.8 Å². The molecule has 2 heterocycles. The van der Waals surface area contributed by atoms with E-state index >= 15 is 0 Å². The van der Waals surface area contributed by atoms with E-state index in [9.17, 15) is 0 Å². The van der Waals surface area contributed by atoms with E-state index < -0.39 is 0 Å². The molecule has 2 unspecified atom stereocenters. The van der Waals surface area contributed by atoms with Gasteiger partial charge < -0.3 is 10.6 Å². The Morgan fingerprint density at radius 2 is 2.19 bits per heavy atom. The molecule has 2 saturated heterocycles. The molecule has 116 valence electrons. The second-order valence-electron chi connectivity index (χ2n) is 6.18. The minimum absolute atomic E-state index is 0.575. The van der Waals surface area contributed by atoms with E-state index in [-0.39, 0.29) is 0 Å². The normalized spacial score (nSPS) is 26.1. The summed E-state index contributed by atoms with van der Waals surface area (Å²) in [6.45, 7) is 8.84. The van der Waals surface area contributed by atoms with Crippen molar-refractivity contribution in [2.75, 3.05) is 30.3 Å². The molecule has 2 aliphatic rings. The van der Waals surface area contributed by atoms with Gasteiger partial charge in [-0.25, -0.2) is 0 Å². The summed E-state index contributed by atoms with van der Waals surface area (Å²) in [5.74, 6) is 1.10. The summed E-state index contributed by atoms with van der Waals surface area (Å²) in [5, 5.41) is 0. The summed E-state index contributed by atoms with van der Waals surface area (Å²) >= 11 is 1.91. The molecule has 0 radical (unpaired) electrons. The Labute approximate surface area is 132 Å². The number of nitrogens with zero attached hydrogens (tertiary/aromatic N) is 2. The summed E-state index contributed by atoms with van der Waals surface area (Å²) in [7, 11) is 0. The van der Waals surface area contributed by atoms with Gasteiger partial charge in [0.2, 0.25) is 0 Å². The molecule has 0 aromatic heterocycles. The van der Waals surface area contributed by atoms with Gasteiger partial charge in [0.15, 0.2) is 0 Å². The number of piperazine rings is 1. The van der Waals surface area contributed by atoms with Crippen LogP contribution in [0.15, 0.2) is 23.1 Å². The minimum atomic E-state index is 0.575. The zero-order chi connectivity index (χ0) is 14.8. The van der Waals surface area contributed by atoms with Crippen molar-refractivity contribution >= 4 is 17.4 Å². The standard InChI is InChI=1S/C17H27N3S/c1-3-21-17-8-4-7-16(15(17)10-18)20-12-14-6-5-9-19(14)11-13(20)2/h4,7-8,13-14H,3,5-6,9-12,18H2,1-2H3. The molecule has 0 spiro atoms. The summed E-state index contributed by atoms with van der Waals surface area (Å²) in [6.07, 6.45) is 2.71. The van der Waals surface area contributed by atoms with Crippen molar-refractivity contribution in [2.45, 2.75) is 50.2 Å². The average Bonchev–Trinajstić information content (AvgIpc) is 2.93. The first kappa shape index (κ1) is 15.2. The lowest BCUT2D eigenvalue weighted by atomic mass is 10.0. The van der Waals surface area contributed by atoms with Crippen molar-refractivity contribution in [1.82, 2.24) is 4.90 Å². The highest BCUT2D eigenvalue weighted by Crippen LogP contribution is 2.34. The van der Waals surface area contributed by atoms with Crippen LogP contribution in [-0.2, 0) is 6.54 Å². The largest absolute Gasteiger partial charge is 0.366 e. The van der Waals surface area contributed by atoms with E-state index in [0.717, 1.165) is 18.3 Å². The van der Waals surface area contributed by atoms with E-state index in [0.29, 0.717) is 12.6 Å². The summed E-state index contributed by atoms with van der Waals surface area (Å²) in [6, 6.07) is 8.00. The number of rotatable bonds is 4. The van der Waals surface area contributed by atoms with Crippen molar-refractivity contribution in [3.63, 3.8) is 0 Å². The van der Waals surface area contributed by atoms with Crippen LogP contribution in [0.2, 0.25) is 0 Å². The van der Waals surface area contributed by atoms with E-state index in [1.54, 1.807) is 0 Å². The van der Waals surface area contributed by atoms with Gasteiger partial charge in [-0.3, -0.25) is 4.90 Å². The fourth-order valence-electron chi connectivity index (χ4n) is 3.84. The molecule has 2 atom stereocenters. The van der Waals surface area contributed by atoms with Crippen molar-refractivity contribution in [2.24, 2.45) is 5.73 Å². The topological polar surface area (TPSA) is 32.5 Å². The van der Waals surface area contributed by atoms with Gasteiger partial charge in [-0.1, -0.05) is 13.0 Å². The fraction of sp³-hybridized carbons (Fsp3) is 0.647. The van der Waals surface area contributed by atoms with E-state index in [4.69, 9.17) is 5.73 Å². The summed E-state index contributed by atoms with van der Waals surface area (Å²) in [5.41, 5.74) is 8.80. The van der Waals surface area contributed by atoms with Crippen LogP contribution in [0.3, 0.4) is 0 Å². The van der Waals surface area contributed by atoms with Crippen molar-refractivity contribution in [3.8, 4) is 0 Å². The third-order valence-corrected chi connectivity index (χ3v) is 5.84. The van der Waals surface area contributed by atoms with Crippen LogP contribution < -0.4 is 10.6 Å². The van der Waals surface area contributed by atoms with Crippen LogP contribution in [-0.4, -0.2) is 42.4 Å². The molecule has 3 rings (SSSR count). The van der Waals surface area contributed by atoms with Gasteiger partial charge in [0, 0.05) is 47.9 Å². The van der Waals surface area contributed by atoms with Gasteiger partial charge in [0.05, 0.1) is 0 Å². The number of hydrogen-bond donors (Lipinski definition) is 1. The third kappa shape index (κ3) is 2.94. The lowest BCUT2D eigenvalue weighted by molar-refractivity contribution is 0.202. The number of fused-ring (bicyclic) bond motifs is 1. The Hall–Kier alpha value is -0.710. The lowest BCUT2D eigenvalue weighted by Gasteiger charge is -2.44. The monoisotopic (exact) mass is 305 g/mol. The van der Waals surface area contributed by atoms with Gasteiger partial charge >= 0.3 is 0 Å². The van der Waals surface area contributed by atoms with Crippen molar-refractivity contribution in [3.05, 3.63) is 23.8 Å². The van der Waals surface area contributed by atoms with Gasteiger partial charge in [-0.2, -0.15) is 0 Å². The zero-order valence-corrected chi connectivity index (χ0v) is 14.0. The lowest BCUT2D eigenvalue weighted by Crippen LogP contribution is -2.55. The molecular weight excluding hydrogens is 278 g/mol. The predicted molar refractivity (Wildman–Crippen MR) is 92.1 cm³/mol. The Bertz CT molecular complexity index is 491. The molecule has 21 heavy (non-hydrogen) atoms. The first-order chi connectivity index (χ1) is 10.2. The minimum Gasteiger partial charge on any atom is -0.366 e. The van der Waals surface area contributed by atoms with Gasteiger partial charge in [0.25, 0.3) is 0 Å². The third-order valence-electron chi connectivity index (χ3n) is 4.86. The van der Waals surface area contributed by atoms with Crippen LogP contribution in [0.1, 0.15) is 32.3 Å². The second kappa shape index (κ2) is 6.59. The highest BCUT2D eigenvalue weighted by molar-refractivity contribution is 7.99. The van der Waals surface area contributed by atoms with Crippen molar-refractivity contribution in [1.29, 1.82) is 0 Å². The van der Waals surface area contributed by atoms with E-state index in [1.165, 1.54) is 42.1 Å². The van der Waals surface area contributed by atoms with Crippen LogP contribution in [0.5, 0.6) is 0 Å². The molecular formula is C17H27N3S. The summed E-state index contributed by atoms with van der Waals surface area (Å²) in [4.78, 5) is 6.64. The first-order valence-corrected chi connectivity index (χ1v) is 9.18. The Kier molecular flexibility index (Phi) is 4.77. The molecule has 0 amide bonds. The summed E-state index contributed by atoms with van der Waals surface area (Å²) < 4.78 is 0. The van der Waals surface area contributed by atoms with Crippen LogP contribution in [0, 0.1) is 0 Å². The molecule has 0 saturated carbocycles. The number of hydrogen-bond acceptors (Lipinski definition) is 4.